The van der Waals surface area contributed by atoms with Gasteiger partial charge in [0.25, 0.3) is 0 Å². The number of rotatable bonds is 5. The number of carbonyl (C=O) groups is 1. The molecule has 1 saturated carbocycles. The SMILES string of the molecule is CC(C)(CO)NC(=O)C1(S(=O)(=O)c2ccccc2)CC1. The Morgan fingerprint density at radius 3 is 2.30 bits per heavy atom. The molecule has 1 aliphatic carbocycles. The van der Waals surface area contributed by atoms with Crippen LogP contribution in [0.4, 0.5) is 0 Å². The van der Waals surface area contributed by atoms with Crippen molar-refractivity contribution in [2.24, 2.45) is 0 Å². The third-order valence-corrected chi connectivity index (χ3v) is 6.05. The van der Waals surface area contributed by atoms with E-state index in [0.29, 0.717) is 12.8 Å². The van der Waals surface area contributed by atoms with Gasteiger partial charge in [-0.1, -0.05) is 18.2 Å². The lowest BCUT2D eigenvalue weighted by Crippen LogP contribution is -2.52. The lowest BCUT2D eigenvalue weighted by atomic mass is 10.1. The zero-order valence-corrected chi connectivity index (χ0v) is 12.4. The number of nitrogens with one attached hydrogen (secondary N) is 1. The lowest BCUT2D eigenvalue weighted by Gasteiger charge is -2.26. The highest BCUT2D eigenvalue weighted by Crippen LogP contribution is 2.47. The molecule has 1 amide bonds. The van der Waals surface area contributed by atoms with Gasteiger partial charge in [0.1, 0.15) is 0 Å². The highest BCUT2D eigenvalue weighted by atomic mass is 32.2. The summed E-state index contributed by atoms with van der Waals surface area (Å²) in [5.74, 6) is -0.527. The van der Waals surface area contributed by atoms with Crippen molar-refractivity contribution >= 4 is 15.7 Å². The number of aliphatic hydroxyl groups excluding tert-OH is 1. The highest BCUT2D eigenvalue weighted by Gasteiger charge is 2.61. The number of hydrogen-bond acceptors (Lipinski definition) is 4. The van der Waals surface area contributed by atoms with Gasteiger partial charge in [-0.2, -0.15) is 0 Å². The van der Waals surface area contributed by atoms with Gasteiger partial charge < -0.3 is 10.4 Å². The molecule has 110 valence electrons. The van der Waals surface area contributed by atoms with Gasteiger partial charge in [0.15, 0.2) is 14.6 Å². The molecule has 0 bridgehead atoms. The van der Waals surface area contributed by atoms with Gasteiger partial charge in [0.2, 0.25) is 5.91 Å². The van der Waals surface area contributed by atoms with Gasteiger partial charge in [0, 0.05) is 0 Å². The summed E-state index contributed by atoms with van der Waals surface area (Å²) in [6.45, 7) is 3.05. The largest absolute Gasteiger partial charge is 0.394 e. The Hall–Kier alpha value is -1.40. The number of aliphatic hydroxyl groups is 1. The Labute approximate surface area is 118 Å². The van der Waals surface area contributed by atoms with Crippen molar-refractivity contribution in [3.05, 3.63) is 30.3 Å². The lowest BCUT2D eigenvalue weighted by molar-refractivity contribution is -0.123. The molecule has 2 N–H and O–H groups in total. The third-order valence-electron chi connectivity index (χ3n) is 3.53. The third kappa shape index (κ3) is 2.45. The summed E-state index contributed by atoms with van der Waals surface area (Å²) in [6.07, 6.45) is 0.634. The minimum absolute atomic E-state index is 0.162. The molecule has 0 saturated heterocycles. The average Bonchev–Trinajstić information content (AvgIpc) is 3.21. The van der Waals surface area contributed by atoms with Crippen LogP contribution in [0.2, 0.25) is 0 Å². The predicted molar refractivity (Wildman–Crippen MR) is 74.9 cm³/mol. The minimum atomic E-state index is -3.70. The van der Waals surface area contributed by atoms with Crippen LogP contribution in [-0.2, 0) is 14.6 Å². The molecule has 1 aromatic rings. The first kappa shape index (κ1) is 15.0. The Bertz CT molecular complexity index is 603. The molecule has 0 aliphatic heterocycles. The van der Waals surface area contributed by atoms with Crippen LogP contribution in [0.3, 0.4) is 0 Å². The fourth-order valence-corrected chi connectivity index (χ4v) is 3.92. The van der Waals surface area contributed by atoms with Crippen LogP contribution >= 0.6 is 0 Å². The van der Waals surface area contributed by atoms with Crippen molar-refractivity contribution < 1.29 is 18.3 Å². The second-order valence-corrected chi connectivity index (χ2v) is 8.07. The summed E-state index contributed by atoms with van der Waals surface area (Å²) in [5.41, 5.74) is -0.834. The van der Waals surface area contributed by atoms with E-state index in [1.54, 1.807) is 32.0 Å². The summed E-state index contributed by atoms with van der Waals surface area (Å²) in [6, 6.07) is 8.00. The van der Waals surface area contributed by atoms with Crippen LogP contribution in [0.15, 0.2) is 35.2 Å². The van der Waals surface area contributed by atoms with Crippen molar-refractivity contribution in [2.75, 3.05) is 6.61 Å². The Morgan fingerprint density at radius 2 is 1.85 bits per heavy atom. The molecule has 5 nitrogen and oxygen atoms in total. The predicted octanol–water partition coefficient (Wildman–Crippen LogP) is 0.880. The van der Waals surface area contributed by atoms with Crippen molar-refractivity contribution in [2.45, 2.75) is 41.9 Å². The zero-order chi connectivity index (χ0) is 15.0. The van der Waals surface area contributed by atoms with E-state index in [9.17, 15) is 18.3 Å². The van der Waals surface area contributed by atoms with Gasteiger partial charge in [0.05, 0.1) is 17.0 Å². The zero-order valence-electron chi connectivity index (χ0n) is 11.6. The molecule has 0 spiro atoms. The summed E-state index contributed by atoms with van der Waals surface area (Å²) in [4.78, 5) is 12.5. The fourth-order valence-electron chi connectivity index (χ4n) is 2.02. The van der Waals surface area contributed by atoms with Crippen molar-refractivity contribution in [1.29, 1.82) is 0 Å². The van der Waals surface area contributed by atoms with E-state index in [-0.39, 0.29) is 11.5 Å². The van der Waals surface area contributed by atoms with E-state index in [2.05, 4.69) is 5.32 Å². The van der Waals surface area contributed by atoms with Gasteiger partial charge >= 0.3 is 0 Å². The molecule has 0 atom stereocenters. The minimum Gasteiger partial charge on any atom is -0.394 e. The highest BCUT2D eigenvalue weighted by molar-refractivity contribution is 7.94. The summed E-state index contributed by atoms with van der Waals surface area (Å²) in [7, 11) is -3.70. The van der Waals surface area contributed by atoms with E-state index in [1.807, 2.05) is 0 Å². The maximum absolute atomic E-state index is 12.6. The van der Waals surface area contributed by atoms with Gasteiger partial charge in [-0.05, 0) is 38.8 Å². The molecule has 1 aliphatic rings. The van der Waals surface area contributed by atoms with Crippen LogP contribution in [-0.4, -0.2) is 36.3 Å². The Kier molecular flexibility index (Phi) is 3.64. The monoisotopic (exact) mass is 297 g/mol. The van der Waals surface area contributed by atoms with E-state index in [0.717, 1.165) is 0 Å². The van der Waals surface area contributed by atoms with E-state index < -0.39 is 26.0 Å². The van der Waals surface area contributed by atoms with Crippen molar-refractivity contribution in [3.63, 3.8) is 0 Å². The Balaban J connectivity index is 2.30. The number of amides is 1. The van der Waals surface area contributed by atoms with Crippen LogP contribution in [0.25, 0.3) is 0 Å². The normalized spacial score (nSPS) is 17.6. The molecule has 1 aromatic carbocycles. The standard InChI is InChI=1S/C14H19NO4S/c1-13(2,10-16)15-12(17)14(8-9-14)20(18,19)11-6-4-3-5-7-11/h3-7,16H,8-10H2,1-2H3,(H,15,17). The van der Waals surface area contributed by atoms with Crippen LogP contribution in [0.5, 0.6) is 0 Å². The Morgan fingerprint density at radius 1 is 1.30 bits per heavy atom. The topological polar surface area (TPSA) is 83.5 Å². The van der Waals surface area contributed by atoms with Crippen LogP contribution in [0.1, 0.15) is 26.7 Å². The molecule has 0 aromatic heterocycles. The van der Waals surface area contributed by atoms with Crippen molar-refractivity contribution in [3.8, 4) is 0 Å². The van der Waals surface area contributed by atoms with E-state index in [4.69, 9.17) is 0 Å². The summed E-state index contributed by atoms with van der Waals surface area (Å²) >= 11 is 0. The molecular weight excluding hydrogens is 278 g/mol. The van der Waals surface area contributed by atoms with Gasteiger partial charge in [-0.3, -0.25) is 4.79 Å². The fraction of sp³-hybridized carbons (Fsp3) is 0.500. The first-order valence-electron chi connectivity index (χ1n) is 6.48. The molecule has 20 heavy (non-hydrogen) atoms. The second kappa shape index (κ2) is 4.86. The first-order chi connectivity index (χ1) is 9.25. The number of sulfone groups is 1. The molecular formula is C14H19NO4S. The van der Waals surface area contributed by atoms with Crippen molar-refractivity contribution in [1.82, 2.24) is 5.32 Å². The molecule has 2 rings (SSSR count). The summed E-state index contributed by atoms with van der Waals surface area (Å²) < 4.78 is 23.8. The first-order valence-corrected chi connectivity index (χ1v) is 7.97. The number of benzene rings is 1. The smallest absolute Gasteiger partial charge is 0.242 e. The maximum Gasteiger partial charge on any atom is 0.242 e. The van der Waals surface area contributed by atoms with E-state index >= 15 is 0 Å². The summed E-state index contributed by atoms with van der Waals surface area (Å²) in [5, 5.41) is 11.8. The van der Waals surface area contributed by atoms with Gasteiger partial charge in [-0.25, -0.2) is 8.42 Å². The van der Waals surface area contributed by atoms with Crippen LogP contribution in [0, 0.1) is 0 Å². The van der Waals surface area contributed by atoms with E-state index in [1.165, 1.54) is 12.1 Å². The molecule has 0 radical (unpaired) electrons. The quantitative estimate of drug-likeness (QED) is 0.845. The molecule has 0 heterocycles. The maximum atomic E-state index is 12.6. The molecule has 1 fully saturated rings. The number of carbonyl (C=O) groups excluding carboxylic acids is 1. The molecule has 0 unspecified atom stereocenters. The number of hydrogen-bond donors (Lipinski definition) is 2. The van der Waals surface area contributed by atoms with Gasteiger partial charge in [-0.15, -0.1) is 0 Å². The molecule has 6 heteroatoms. The van der Waals surface area contributed by atoms with Crippen LogP contribution < -0.4 is 5.32 Å². The average molecular weight is 297 g/mol. The second-order valence-electron chi connectivity index (χ2n) is 5.81.